The van der Waals surface area contributed by atoms with Crippen LogP contribution in [-0.4, -0.2) is 11.0 Å². The van der Waals surface area contributed by atoms with Gasteiger partial charge in [-0.1, -0.05) is 23.2 Å². The highest BCUT2D eigenvalue weighted by molar-refractivity contribution is 7.80. The summed E-state index contributed by atoms with van der Waals surface area (Å²) in [5.74, 6) is -0.238. The molecule has 0 spiro atoms. The molecule has 86 valence electrons. The molecule has 0 saturated carbocycles. The number of nitrogens with one attached hydrogen (secondary N) is 3. The second-order valence-electron chi connectivity index (χ2n) is 2.89. The highest BCUT2D eigenvalue weighted by Gasteiger charge is 2.01. The van der Waals surface area contributed by atoms with Crippen LogP contribution >= 0.6 is 35.4 Å². The summed E-state index contributed by atoms with van der Waals surface area (Å²) in [7, 11) is 0. The van der Waals surface area contributed by atoms with E-state index in [1.807, 2.05) is 0 Å². The smallest absolute Gasteiger partial charge is 0.235 e. The van der Waals surface area contributed by atoms with Crippen LogP contribution in [0.3, 0.4) is 0 Å². The minimum atomic E-state index is -0.238. The minimum Gasteiger partial charge on any atom is -0.331 e. The molecule has 3 N–H and O–H groups in total. The van der Waals surface area contributed by atoms with Gasteiger partial charge in [-0.25, -0.2) is 0 Å². The van der Waals surface area contributed by atoms with E-state index in [9.17, 15) is 4.79 Å². The van der Waals surface area contributed by atoms with Gasteiger partial charge in [0, 0.05) is 12.6 Å². The van der Waals surface area contributed by atoms with Crippen molar-refractivity contribution in [1.82, 2.24) is 10.9 Å². The van der Waals surface area contributed by atoms with E-state index >= 15 is 0 Å². The number of halogens is 2. The topological polar surface area (TPSA) is 53.2 Å². The third kappa shape index (κ3) is 4.22. The van der Waals surface area contributed by atoms with Crippen molar-refractivity contribution in [2.75, 3.05) is 5.32 Å². The number of carbonyl (C=O) groups excluding carboxylic acids is 1. The highest BCUT2D eigenvalue weighted by Crippen LogP contribution is 2.24. The maximum absolute atomic E-state index is 10.6. The summed E-state index contributed by atoms with van der Waals surface area (Å²) in [5.41, 5.74) is 5.53. The Labute approximate surface area is 108 Å². The van der Waals surface area contributed by atoms with Crippen LogP contribution in [0.1, 0.15) is 6.92 Å². The van der Waals surface area contributed by atoms with Crippen LogP contribution in [0.25, 0.3) is 0 Å². The first-order valence-corrected chi connectivity index (χ1v) is 5.44. The van der Waals surface area contributed by atoms with Gasteiger partial charge in [0.25, 0.3) is 0 Å². The van der Waals surface area contributed by atoms with Gasteiger partial charge in [-0.2, -0.15) is 0 Å². The molecule has 1 aromatic carbocycles. The molecule has 4 nitrogen and oxygen atoms in total. The maximum Gasteiger partial charge on any atom is 0.235 e. The Morgan fingerprint density at radius 3 is 2.50 bits per heavy atom. The molecule has 16 heavy (non-hydrogen) atoms. The van der Waals surface area contributed by atoms with Crippen molar-refractivity contribution < 1.29 is 4.79 Å². The van der Waals surface area contributed by atoms with Gasteiger partial charge in [0.15, 0.2) is 5.11 Å². The summed E-state index contributed by atoms with van der Waals surface area (Å²) in [6, 6.07) is 4.99. The predicted octanol–water partition coefficient (Wildman–Crippen LogP) is 2.33. The number of amides is 1. The molecule has 0 aliphatic carbocycles. The normalized spacial score (nSPS) is 9.44. The van der Waals surface area contributed by atoms with E-state index in [1.54, 1.807) is 18.2 Å². The quantitative estimate of drug-likeness (QED) is 0.545. The third-order valence-corrected chi connectivity index (χ3v) is 2.47. The van der Waals surface area contributed by atoms with Crippen molar-refractivity contribution in [3.8, 4) is 0 Å². The molecule has 0 bridgehead atoms. The minimum absolute atomic E-state index is 0.238. The summed E-state index contributed by atoms with van der Waals surface area (Å²) in [5, 5.41) is 3.98. The van der Waals surface area contributed by atoms with Gasteiger partial charge in [0.2, 0.25) is 5.91 Å². The van der Waals surface area contributed by atoms with E-state index in [0.29, 0.717) is 15.7 Å². The molecule has 0 aliphatic heterocycles. The lowest BCUT2D eigenvalue weighted by Gasteiger charge is -2.10. The fourth-order valence-corrected chi connectivity index (χ4v) is 1.35. The molecule has 0 fully saturated rings. The van der Waals surface area contributed by atoms with Crippen molar-refractivity contribution in [3.05, 3.63) is 28.2 Å². The molecule has 0 heterocycles. The van der Waals surface area contributed by atoms with E-state index in [2.05, 4.69) is 16.2 Å². The molecule has 0 unspecified atom stereocenters. The maximum atomic E-state index is 10.6. The van der Waals surface area contributed by atoms with Crippen LogP contribution in [0.2, 0.25) is 10.0 Å². The number of carbonyl (C=O) groups is 1. The van der Waals surface area contributed by atoms with Crippen LogP contribution in [0, 0.1) is 0 Å². The molecular formula is C9H9Cl2N3OS. The zero-order valence-corrected chi connectivity index (χ0v) is 10.6. The summed E-state index contributed by atoms with van der Waals surface area (Å²) in [6.45, 7) is 1.37. The van der Waals surface area contributed by atoms with E-state index in [0.717, 1.165) is 0 Å². The van der Waals surface area contributed by atoms with Crippen molar-refractivity contribution in [2.24, 2.45) is 0 Å². The Balaban J connectivity index is 2.56. The van der Waals surface area contributed by atoms with Crippen LogP contribution in [-0.2, 0) is 4.79 Å². The molecule has 1 amide bonds. The molecule has 1 aromatic rings. The number of rotatable bonds is 1. The Morgan fingerprint density at radius 1 is 1.25 bits per heavy atom. The first-order chi connectivity index (χ1) is 7.49. The summed E-state index contributed by atoms with van der Waals surface area (Å²) in [4.78, 5) is 10.6. The predicted molar refractivity (Wildman–Crippen MR) is 69.6 cm³/mol. The summed E-state index contributed by atoms with van der Waals surface area (Å²) >= 11 is 16.5. The first-order valence-electron chi connectivity index (χ1n) is 4.27. The van der Waals surface area contributed by atoms with Crippen LogP contribution in [0.15, 0.2) is 18.2 Å². The Bertz CT molecular complexity index is 425. The average Bonchev–Trinajstić information content (AvgIpc) is 2.21. The third-order valence-electron chi connectivity index (χ3n) is 1.53. The molecule has 0 saturated heterocycles. The molecule has 0 aromatic heterocycles. The Morgan fingerprint density at radius 2 is 1.94 bits per heavy atom. The largest absolute Gasteiger partial charge is 0.331 e. The van der Waals surface area contributed by atoms with Gasteiger partial charge in [0.05, 0.1) is 10.0 Å². The number of hydrazine groups is 1. The fraction of sp³-hybridized carbons (Fsp3) is 0.111. The molecule has 0 aliphatic rings. The highest BCUT2D eigenvalue weighted by atomic mass is 35.5. The average molecular weight is 278 g/mol. The molecule has 0 radical (unpaired) electrons. The van der Waals surface area contributed by atoms with Crippen LogP contribution in [0.4, 0.5) is 5.69 Å². The lowest BCUT2D eigenvalue weighted by atomic mass is 10.3. The number of hydrogen-bond acceptors (Lipinski definition) is 2. The van der Waals surface area contributed by atoms with E-state index in [-0.39, 0.29) is 11.0 Å². The van der Waals surface area contributed by atoms with Gasteiger partial charge >= 0.3 is 0 Å². The molecular weight excluding hydrogens is 269 g/mol. The second kappa shape index (κ2) is 5.89. The van der Waals surface area contributed by atoms with Crippen molar-refractivity contribution in [3.63, 3.8) is 0 Å². The standard InChI is InChI=1S/C9H9Cl2N3OS/c1-5(15)13-14-9(16)12-6-2-3-7(10)8(11)4-6/h2-4H,1H3,(H,13,15)(H2,12,14,16). The lowest BCUT2D eigenvalue weighted by Crippen LogP contribution is -2.42. The molecule has 1 rings (SSSR count). The van der Waals surface area contributed by atoms with Gasteiger partial charge in [-0.05, 0) is 30.4 Å². The van der Waals surface area contributed by atoms with Crippen molar-refractivity contribution in [1.29, 1.82) is 0 Å². The second-order valence-corrected chi connectivity index (χ2v) is 4.11. The number of anilines is 1. The summed E-state index contributed by atoms with van der Waals surface area (Å²) < 4.78 is 0. The van der Waals surface area contributed by atoms with E-state index in [4.69, 9.17) is 35.4 Å². The van der Waals surface area contributed by atoms with Crippen molar-refractivity contribution >= 4 is 52.1 Å². The Hall–Kier alpha value is -1.04. The summed E-state index contributed by atoms with van der Waals surface area (Å²) in [6.07, 6.45) is 0. The van der Waals surface area contributed by atoms with Gasteiger partial charge in [-0.3, -0.25) is 15.6 Å². The fourth-order valence-electron chi connectivity index (χ4n) is 0.881. The van der Waals surface area contributed by atoms with Crippen LogP contribution in [0.5, 0.6) is 0 Å². The molecule has 7 heteroatoms. The zero-order valence-electron chi connectivity index (χ0n) is 8.30. The van der Waals surface area contributed by atoms with E-state index in [1.165, 1.54) is 6.92 Å². The lowest BCUT2D eigenvalue weighted by molar-refractivity contribution is -0.119. The number of benzene rings is 1. The number of hydrogen-bond donors (Lipinski definition) is 3. The SMILES string of the molecule is CC(=O)NNC(=S)Nc1ccc(Cl)c(Cl)c1. The van der Waals surface area contributed by atoms with Gasteiger partial charge in [0.1, 0.15) is 0 Å². The molecule has 0 atom stereocenters. The first kappa shape index (κ1) is 13.0. The van der Waals surface area contributed by atoms with Gasteiger partial charge < -0.3 is 5.32 Å². The zero-order chi connectivity index (χ0) is 12.1. The van der Waals surface area contributed by atoms with Gasteiger partial charge in [-0.15, -0.1) is 0 Å². The van der Waals surface area contributed by atoms with E-state index < -0.39 is 0 Å². The number of thiocarbonyl (C=S) groups is 1. The van der Waals surface area contributed by atoms with Crippen molar-refractivity contribution in [2.45, 2.75) is 6.92 Å². The monoisotopic (exact) mass is 277 g/mol. The van der Waals surface area contributed by atoms with Crippen LogP contribution < -0.4 is 16.2 Å². The Kier molecular flexibility index (Phi) is 4.79.